The third kappa shape index (κ3) is 2.85. The Morgan fingerprint density at radius 2 is 1.96 bits per heavy atom. The number of piperidine rings is 1. The van der Waals surface area contributed by atoms with Gasteiger partial charge in [-0.05, 0) is 54.7 Å². The molecule has 2 aliphatic rings. The van der Waals surface area contributed by atoms with Gasteiger partial charge in [0.1, 0.15) is 0 Å². The average molecular weight is 353 g/mol. The topological polar surface area (TPSA) is 60.6 Å². The van der Waals surface area contributed by atoms with E-state index >= 15 is 0 Å². The number of pyridine rings is 1. The second-order valence-corrected chi connectivity index (χ2v) is 7.38. The third-order valence-electron chi connectivity index (χ3n) is 5.96. The molecule has 138 valence electrons. The van der Waals surface area contributed by atoms with Crippen molar-refractivity contribution in [1.29, 1.82) is 0 Å². The zero-order chi connectivity index (χ0) is 18.3. The largest absolute Gasteiger partial charge is 0.493 e. The maximum atomic E-state index is 6.65. The number of nitrogens with zero attached hydrogens (tertiary/aromatic N) is 2. The van der Waals surface area contributed by atoms with Crippen LogP contribution >= 0.6 is 0 Å². The molecule has 3 unspecified atom stereocenters. The molecule has 1 aromatic carbocycles. The number of rotatable bonds is 3. The molecule has 0 saturated carbocycles. The highest BCUT2D eigenvalue weighted by Gasteiger charge is 2.39. The average Bonchev–Trinajstić information content (AvgIpc) is 2.67. The van der Waals surface area contributed by atoms with Crippen molar-refractivity contribution in [3.8, 4) is 11.5 Å². The summed E-state index contributed by atoms with van der Waals surface area (Å²) in [4.78, 5) is 7.21. The van der Waals surface area contributed by atoms with Gasteiger partial charge < -0.3 is 15.2 Å². The van der Waals surface area contributed by atoms with Crippen LogP contribution in [0.2, 0.25) is 0 Å². The predicted molar refractivity (Wildman–Crippen MR) is 102 cm³/mol. The molecule has 26 heavy (non-hydrogen) atoms. The summed E-state index contributed by atoms with van der Waals surface area (Å²) in [6.45, 7) is 4.13. The molecule has 0 bridgehead atoms. The molecule has 3 heterocycles. The highest BCUT2D eigenvalue weighted by Crippen LogP contribution is 2.44. The fourth-order valence-electron chi connectivity index (χ4n) is 4.56. The number of fused-ring (bicyclic) bond motifs is 3. The molecular formula is C21H27N3O2. The van der Waals surface area contributed by atoms with Crippen molar-refractivity contribution in [3.05, 3.63) is 52.8 Å². The third-order valence-corrected chi connectivity index (χ3v) is 5.96. The minimum atomic E-state index is 0.101. The van der Waals surface area contributed by atoms with Crippen LogP contribution in [0.15, 0.2) is 30.5 Å². The molecule has 4 rings (SSSR count). The minimum absolute atomic E-state index is 0.101. The monoisotopic (exact) mass is 353 g/mol. The SMILES string of the molecule is COc1cc2c(cc1OC)C1CC(N)C(c3ncccc3C)CN1CC2. The lowest BCUT2D eigenvalue weighted by molar-refractivity contribution is 0.108. The van der Waals surface area contributed by atoms with Crippen molar-refractivity contribution in [3.63, 3.8) is 0 Å². The van der Waals surface area contributed by atoms with Gasteiger partial charge in [0.05, 0.1) is 14.2 Å². The zero-order valence-corrected chi connectivity index (χ0v) is 15.7. The van der Waals surface area contributed by atoms with Crippen molar-refractivity contribution >= 4 is 0 Å². The Morgan fingerprint density at radius 1 is 1.19 bits per heavy atom. The van der Waals surface area contributed by atoms with Gasteiger partial charge in [0, 0.05) is 43.0 Å². The number of nitrogens with two attached hydrogens (primary N) is 1. The summed E-state index contributed by atoms with van der Waals surface area (Å²) in [7, 11) is 3.38. The van der Waals surface area contributed by atoms with E-state index in [9.17, 15) is 0 Å². The zero-order valence-electron chi connectivity index (χ0n) is 15.7. The van der Waals surface area contributed by atoms with Crippen molar-refractivity contribution < 1.29 is 9.47 Å². The summed E-state index contributed by atoms with van der Waals surface area (Å²) in [6, 6.07) is 8.84. The van der Waals surface area contributed by atoms with Gasteiger partial charge in [-0.3, -0.25) is 9.88 Å². The van der Waals surface area contributed by atoms with E-state index in [4.69, 9.17) is 15.2 Å². The molecule has 0 radical (unpaired) electrons. The van der Waals surface area contributed by atoms with Crippen LogP contribution < -0.4 is 15.2 Å². The van der Waals surface area contributed by atoms with Crippen molar-refractivity contribution in [2.45, 2.75) is 37.8 Å². The lowest BCUT2D eigenvalue weighted by Gasteiger charge is -2.46. The van der Waals surface area contributed by atoms with Gasteiger partial charge in [-0.25, -0.2) is 0 Å². The summed E-state index contributed by atoms with van der Waals surface area (Å²) < 4.78 is 11.0. The maximum Gasteiger partial charge on any atom is 0.161 e. The Kier molecular flexibility index (Phi) is 4.59. The Morgan fingerprint density at radius 3 is 2.69 bits per heavy atom. The van der Waals surface area contributed by atoms with Gasteiger partial charge >= 0.3 is 0 Å². The maximum absolute atomic E-state index is 6.65. The summed E-state index contributed by atoms with van der Waals surface area (Å²) >= 11 is 0. The van der Waals surface area contributed by atoms with Crippen LogP contribution in [0, 0.1) is 6.92 Å². The molecule has 1 saturated heterocycles. The Balaban J connectivity index is 1.66. The first-order chi connectivity index (χ1) is 12.6. The summed E-state index contributed by atoms with van der Waals surface area (Å²) in [5.74, 6) is 1.89. The van der Waals surface area contributed by atoms with Gasteiger partial charge in [-0.1, -0.05) is 6.07 Å². The van der Waals surface area contributed by atoms with E-state index in [1.165, 1.54) is 16.7 Å². The van der Waals surface area contributed by atoms with E-state index in [1.54, 1.807) is 14.2 Å². The number of hydrogen-bond donors (Lipinski definition) is 1. The smallest absolute Gasteiger partial charge is 0.161 e. The fraction of sp³-hybridized carbons (Fsp3) is 0.476. The second-order valence-electron chi connectivity index (χ2n) is 7.38. The second kappa shape index (κ2) is 6.89. The molecule has 0 amide bonds. The molecule has 1 aromatic heterocycles. The van der Waals surface area contributed by atoms with Gasteiger partial charge in [-0.2, -0.15) is 0 Å². The summed E-state index contributed by atoms with van der Waals surface area (Å²) in [5.41, 5.74) is 11.7. The van der Waals surface area contributed by atoms with E-state index in [-0.39, 0.29) is 12.0 Å². The standard InChI is InChI=1S/C21H27N3O2/c1-13-5-4-7-23-21(13)16-12-24-8-6-14-9-19(25-2)20(26-3)10-15(14)18(24)11-17(16)22/h4-5,7,9-10,16-18H,6,8,11-12,22H2,1-3H3. The van der Waals surface area contributed by atoms with Crippen LogP contribution in [0.25, 0.3) is 0 Å². The number of aromatic nitrogens is 1. The molecule has 0 spiro atoms. The summed E-state index contributed by atoms with van der Waals surface area (Å²) in [5, 5.41) is 0. The number of benzene rings is 1. The fourth-order valence-corrected chi connectivity index (χ4v) is 4.56. The van der Waals surface area contributed by atoms with Gasteiger partial charge in [0.25, 0.3) is 0 Å². The van der Waals surface area contributed by atoms with Gasteiger partial charge in [0.2, 0.25) is 0 Å². The Labute approximate surface area is 155 Å². The van der Waals surface area contributed by atoms with Crippen molar-refractivity contribution in [1.82, 2.24) is 9.88 Å². The van der Waals surface area contributed by atoms with Gasteiger partial charge in [-0.15, -0.1) is 0 Å². The minimum Gasteiger partial charge on any atom is -0.493 e. The van der Waals surface area contributed by atoms with Crippen molar-refractivity contribution in [2.24, 2.45) is 5.73 Å². The van der Waals surface area contributed by atoms with E-state index in [0.717, 1.165) is 43.1 Å². The molecule has 5 heteroatoms. The molecule has 3 atom stereocenters. The first kappa shape index (κ1) is 17.3. The Bertz CT molecular complexity index is 808. The molecule has 0 aliphatic carbocycles. The van der Waals surface area contributed by atoms with Crippen LogP contribution in [0.3, 0.4) is 0 Å². The normalized spacial score (nSPS) is 25.3. The van der Waals surface area contributed by atoms with Gasteiger partial charge in [0.15, 0.2) is 11.5 Å². The first-order valence-corrected chi connectivity index (χ1v) is 9.28. The number of ether oxygens (including phenoxy) is 2. The Hall–Kier alpha value is -2.11. The van der Waals surface area contributed by atoms with Crippen LogP contribution in [-0.2, 0) is 6.42 Å². The van der Waals surface area contributed by atoms with Crippen molar-refractivity contribution in [2.75, 3.05) is 27.3 Å². The molecule has 2 aliphatic heterocycles. The lowest BCUT2D eigenvalue weighted by Crippen LogP contribution is -2.50. The lowest BCUT2D eigenvalue weighted by atomic mass is 9.79. The quantitative estimate of drug-likeness (QED) is 0.919. The van der Waals surface area contributed by atoms with E-state index < -0.39 is 0 Å². The molecule has 2 N–H and O–H groups in total. The number of methoxy groups -OCH3 is 2. The van der Waals surface area contributed by atoms with Crippen LogP contribution in [-0.4, -0.2) is 43.2 Å². The van der Waals surface area contributed by atoms with Crippen LogP contribution in [0.5, 0.6) is 11.5 Å². The number of hydrogen-bond acceptors (Lipinski definition) is 5. The van der Waals surface area contributed by atoms with E-state index in [0.29, 0.717) is 6.04 Å². The van der Waals surface area contributed by atoms with Crippen LogP contribution in [0.4, 0.5) is 0 Å². The molecule has 5 nitrogen and oxygen atoms in total. The van der Waals surface area contributed by atoms with E-state index in [1.807, 2.05) is 12.3 Å². The highest BCUT2D eigenvalue weighted by atomic mass is 16.5. The highest BCUT2D eigenvalue weighted by molar-refractivity contribution is 5.49. The molecule has 1 fully saturated rings. The predicted octanol–water partition coefficient (Wildman–Crippen LogP) is 2.82. The summed E-state index contributed by atoms with van der Waals surface area (Å²) in [6.07, 6.45) is 3.84. The number of aryl methyl sites for hydroxylation is 1. The molecular weight excluding hydrogens is 326 g/mol. The first-order valence-electron chi connectivity index (χ1n) is 9.28. The van der Waals surface area contributed by atoms with Crippen LogP contribution in [0.1, 0.15) is 40.8 Å². The van der Waals surface area contributed by atoms with E-state index in [2.05, 4.69) is 35.0 Å². The molecule has 2 aromatic rings.